The number of aryl methyl sites for hydroxylation is 1. The predicted molar refractivity (Wildman–Crippen MR) is 91.6 cm³/mol. The van der Waals surface area contributed by atoms with Crippen LogP contribution in [0, 0.1) is 24.1 Å². The van der Waals surface area contributed by atoms with Gasteiger partial charge in [-0.2, -0.15) is 5.10 Å². The topological polar surface area (TPSA) is 75.4 Å². The number of carboxylic acid groups (broad SMARTS) is 1. The van der Waals surface area contributed by atoms with E-state index in [-0.39, 0.29) is 23.1 Å². The van der Waals surface area contributed by atoms with Crippen LogP contribution in [0.2, 0.25) is 0 Å². The second-order valence-corrected chi connectivity index (χ2v) is 7.33. The number of carboxylic acids is 1. The van der Waals surface area contributed by atoms with E-state index in [0.717, 1.165) is 30.5 Å². The van der Waals surface area contributed by atoms with Gasteiger partial charge in [-0.3, -0.25) is 9.59 Å². The van der Waals surface area contributed by atoms with Gasteiger partial charge in [0.05, 0.1) is 11.6 Å². The molecule has 1 saturated carbocycles. The van der Waals surface area contributed by atoms with Crippen molar-refractivity contribution >= 4 is 11.9 Å². The largest absolute Gasteiger partial charge is 0.481 e. The third kappa shape index (κ3) is 2.77. The summed E-state index contributed by atoms with van der Waals surface area (Å²) in [5.41, 5.74) is 1.70. The molecule has 1 aromatic carbocycles. The van der Waals surface area contributed by atoms with Crippen molar-refractivity contribution in [1.29, 1.82) is 0 Å². The average molecular weight is 357 g/mol. The van der Waals surface area contributed by atoms with Gasteiger partial charge in [-0.15, -0.1) is 0 Å². The molecule has 1 amide bonds. The standard InChI is InChI=1S/C19H20FN3O3/c1-12-10-13(20)2-3-16(12)23-7-4-15(21-23)17(24)22-8-5-19(6-9-22)11-14(19)18(25)26/h2-4,7,10,14H,5-6,8-9,11H2,1H3,(H,25,26). The molecule has 7 heteroatoms. The fourth-order valence-corrected chi connectivity index (χ4v) is 4.01. The molecule has 1 aromatic heterocycles. The number of hydrogen-bond donors (Lipinski definition) is 1. The van der Waals surface area contributed by atoms with Gasteiger partial charge >= 0.3 is 5.97 Å². The summed E-state index contributed by atoms with van der Waals surface area (Å²) in [6.45, 7) is 2.91. The Bertz CT molecular complexity index is 884. The highest BCUT2D eigenvalue weighted by Crippen LogP contribution is 2.59. The summed E-state index contributed by atoms with van der Waals surface area (Å²) in [5, 5.41) is 13.5. The summed E-state index contributed by atoms with van der Waals surface area (Å²) in [7, 11) is 0. The smallest absolute Gasteiger partial charge is 0.307 e. The zero-order valence-corrected chi connectivity index (χ0v) is 14.5. The van der Waals surface area contributed by atoms with E-state index < -0.39 is 5.97 Å². The number of hydrogen-bond acceptors (Lipinski definition) is 3. The molecule has 136 valence electrons. The summed E-state index contributed by atoms with van der Waals surface area (Å²) in [5.74, 6) is -1.43. The number of aromatic nitrogens is 2. The molecule has 1 atom stereocenters. The Hall–Kier alpha value is -2.70. The molecule has 2 aliphatic rings. The molecule has 4 rings (SSSR count). The van der Waals surface area contributed by atoms with E-state index in [9.17, 15) is 14.0 Å². The van der Waals surface area contributed by atoms with Crippen LogP contribution in [0.3, 0.4) is 0 Å². The second kappa shape index (κ2) is 5.93. The first kappa shape index (κ1) is 16.8. The van der Waals surface area contributed by atoms with E-state index >= 15 is 0 Å². The zero-order valence-electron chi connectivity index (χ0n) is 14.5. The highest BCUT2D eigenvalue weighted by atomic mass is 19.1. The van der Waals surface area contributed by atoms with E-state index in [4.69, 9.17) is 5.11 Å². The van der Waals surface area contributed by atoms with E-state index in [1.165, 1.54) is 12.1 Å². The van der Waals surface area contributed by atoms with Crippen molar-refractivity contribution in [3.8, 4) is 5.69 Å². The van der Waals surface area contributed by atoms with Crippen LogP contribution in [0.25, 0.3) is 5.69 Å². The van der Waals surface area contributed by atoms with Crippen LogP contribution in [-0.4, -0.2) is 44.8 Å². The van der Waals surface area contributed by atoms with Crippen molar-refractivity contribution in [2.24, 2.45) is 11.3 Å². The minimum absolute atomic E-state index is 0.104. The van der Waals surface area contributed by atoms with E-state index in [1.54, 1.807) is 34.8 Å². The molecule has 1 unspecified atom stereocenters. The Morgan fingerprint density at radius 2 is 2.00 bits per heavy atom. The van der Waals surface area contributed by atoms with Crippen LogP contribution in [0.1, 0.15) is 35.3 Å². The maximum Gasteiger partial charge on any atom is 0.307 e. The van der Waals surface area contributed by atoms with Crippen molar-refractivity contribution in [2.45, 2.75) is 26.2 Å². The molecule has 26 heavy (non-hydrogen) atoms. The number of nitrogens with zero attached hydrogens (tertiary/aromatic N) is 3. The van der Waals surface area contributed by atoms with Crippen LogP contribution in [0.15, 0.2) is 30.5 Å². The first-order chi connectivity index (χ1) is 12.4. The van der Waals surface area contributed by atoms with Crippen LogP contribution < -0.4 is 0 Å². The van der Waals surface area contributed by atoms with E-state index in [1.807, 2.05) is 0 Å². The summed E-state index contributed by atoms with van der Waals surface area (Å²) in [6.07, 6.45) is 3.88. The molecule has 1 spiro atoms. The minimum Gasteiger partial charge on any atom is -0.481 e. The zero-order chi connectivity index (χ0) is 18.5. The molecular formula is C19H20FN3O3. The summed E-state index contributed by atoms with van der Waals surface area (Å²) in [4.78, 5) is 25.6. The number of rotatable bonds is 3. The highest BCUT2D eigenvalue weighted by molar-refractivity contribution is 5.92. The van der Waals surface area contributed by atoms with E-state index in [2.05, 4.69) is 5.10 Å². The molecular weight excluding hydrogens is 337 g/mol. The Kier molecular flexibility index (Phi) is 3.82. The van der Waals surface area contributed by atoms with Crippen LogP contribution in [-0.2, 0) is 4.79 Å². The molecule has 6 nitrogen and oxygen atoms in total. The molecule has 2 aromatic rings. The van der Waals surface area contributed by atoms with Crippen LogP contribution in [0.5, 0.6) is 0 Å². The van der Waals surface area contributed by atoms with Gasteiger partial charge in [0.2, 0.25) is 0 Å². The van der Waals surface area contributed by atoms with Gasteiger partial charge < -0.3 is 10.0 Å². The number of piperidine rings is 1. The van der Waals surface area contributed by atoms with Crippen molar-refractivity contribution in [3.05, 3.63) is 47.5 Å². The maximum absolute atomic E-state index is 13.3. The molecule has 2 heterocycles. The number of amides is 1. The summed E-state index contributed by atoms with van der Waals surface area (Å²) >= 11 is 0. The van der Waals surface area contributed by atoms with Gasteiger partial charge in [-0.1, -0.05) is 0 Å². The van der Waals surface area contributed by atoms with Crippen LogP contribution >= 0.6 is 0 Å². The van der Waals surface area contributed by atoms with E-state index in [0.29, 0.717) is 18.8 Å². The normalized spacial score (nSPS) is 21.0. The highest BCUT2D eigenvalue weighted by Gasteiger charge is 2.59. The van der Waals surface area contributed by atoms with Gasteiger partial charge in [0.25, 0.3) is 5.91 Å². The lowest BCUT2D eigenvalue weighted by atomic mass is 9.90. The molecule has 2 fully saturated rings. The quantitative estimate of drug-likeness (QED) is 0.916. The Morgan fingerprint density at radius 3 is 2.62 bits per heavy atom. The number of likely N-dealkylation sites (tertiary alicyclic amines) is 1. The monoisotopic (exact) mass is 357 g/mol. The lowest BCUT2D eigenvalue weighted by Crippen LogP contribution is -2.40. The predicted octanol–water partition coefficient (Wildman–Crippen LogP) is 2.65. The SMILES string of the molecule is Cc1cc(F)ccc1-n1ccc(C(=O)N2CCC3(CC2)CC3C(=O)O)n1. The molecule has 0 bridgehead atoms. The lowest BCUT2D eigenvalue weighted by molar-refractivity contribution is -0.139. The first-order valence-corrected chi connectivity index (χ1v) is 8.74. The maximum atomic E-state index is 13.3. The fraction of sp³-hybridized carbons (Fsp3) is 0.421. The van der Waals surface area contributed by atoms with Crippen molar-refractivity contribution in [1.82, 2.24) is 14.7 Å². The number of aliphatic carboxylic acids is 1. The molecule has 0 radical (unpaired) electrons. The first-order valence-electron chi connectivity index (χ1n) is 8.74. The number of carbonyl (C=O) groups is 2. The number of halogens is 1. The van der Waals surface area contributed by atoms with Gasteiger partial charge in [-0.05, 0) is 61.4 Å². The third-order valence-electron chi connectivity index (χ3n) is 5.75. The van der Waals surface area contributed by atoms with Gasteiger partial charge in [0.15, 0.2) is 5.69 Å². The molecule has 1 aliphatic heterocycles. The summed E-state index contributed by atoms with van der Waals surface area (Å²) < 4.78 is 14.8. The molecule has 1 N–H and O–H groups in total. The molecule has 1 saturated heterocycles. The van der Waals surface area contributed by atoms with Gasteiger partial charge in [0, 0.05) is 19.3 Å². The minimum atomic E-state index is -0.724. The average Bonchev–Trinajstić information content (AvgIpc) is 3.09. The van der Waals surface area contributed by atoms with Crippen molar-refractivity contribution in [2.75, 3.05) is 13.1 Å². The third-order valence-corrected chi connectivity index (χ3v) is 5.75. The molecule has 1 aliphatic carbocycles. The Labute approximate surface area is 150 Å². The second-order valence-electron chi connectivity index (χ2n) is 7.33. The van der Waals surface area contributed by atoms with Crippen LogP contribution in [0.4, 0.5) is 4.39 Å². The number of carbonyl (C=O) groups excluding carboxylic acids is 1. The van der Waals surface area contributed by atoms with Gasteiger partial charge in [0.1, 0.15) is 5.82 Å². The Balaban J connectivity index is 1.45. The Morgan fingerprint density at radius 1 is 1.27 bits per heavy atom. The van der Waals surface area contributed by atoms with Crippen molar-refractivity contribution in [3.63, 3.8) is 0 Å². The van der Waals surface area contributed by atoms with Gasteiger partial charge in [-0.25, -0.2) is 9.07 Å². The van der Waals surface area contributed by atoms with Crippen molar-refractivity contribution < 1.29 is 19.1 Å². The fourth-order valence-electron chi connectivity index (χ4n) is 4.01. The summed E-state index contributed by atoms with van der Waals surface area (Å²) in [6, 6.07) is 6.09. The number of benzene rings is 1. The lowest BCUT2D eigenvalue weighted by Gasteiger charge is -2.32.